The lowest BCUT2D eigenvalue weighted by Gasteiger charge is -2.32. The molecule has 1 unspecified atom stereocenters. The molecule has 0 aromatic heterocycles. The van der Waals surface area contributed by atoms with Gasteiger partial charge in [0, 0.05) is 13.2 Å². The lowest BCUT2D eigenvalue weighted by atomic mass is 10.1. The Balaban J connectivity index is 2.16. The van der Waals surface area contributed by atoms with E-state index in [1.807, 2.05) is 12.3 Å². The quantitative estimate of drug-likeness (QED) is 0.503. The van der Waals surface area contributed by atoms with Crippen LogP contribution < -0.4 is 16.4 Å². The molecule has 2 rings (SSSR count). The van der Waals surface area contributed by atoms with Crippen LogP contribution in [0.25, 0.3) is 0 Å². The monoisotopic (exact) mass is 166 g/mol. The third-order valence-corrected chi connectivity index (χ3v) is 2.39. The Kier molecular flexibility index (Phi) is 1.58. The number of hydrogen-bond acceptors (Lipinski definition) is 2. The Labute approximate surface area is 71.9 Å². The zero-order valence-electron chi connectivity index (χ0n) is 7.17. The summed E-state index contributed by atoms with van der Waals surface area (Å²) in [5.41, 5.74) is 5.75. The average Bonchev–Trinajstić information content (AvgIpc) is 2.86. The Hall–Kier alpha value is -1.03. The minimum atomic E-state index is -0.361. The molecule has 1 heterocycles. The zero-order chi connectivity index (χ0) is 8.60. The van der Waals surface area contributed by atoms with Gasteiger partial charge in [0.25, 0.3) is 0 Å². The summed E-state index contributed by atoms with van der Waals surface area (Å²) in [6.07, 6.45) is 6.26. The van der Waals surface area contributed by atoms with Crippen molar-refractivity contribution in [2.24, 2.45) is 16.6 Å². The summed E-state index contributed by atoms with van der Waals surface area (Å²) in [4.78, 5) is 4.02. The molecule has 0 bridgehead atoms. The lowest BCUT2D eigenvalue weighted by Crippen LogP contribution is -2.61. The van der Waals surface area contributed by atoms with Crippen molar-refractivity contribution in [1.82, 2.24) is 10.6 Å². The van der Waals surface area contributed by atoms with Crippen molar-refractivity contribution in [2.75, 3.05) is 7.05 Å². The molecule has 2 aliphatic rings. The first kappa shape index (κ1) is 7.61. The molecule has 0 saturated heterocycles. The number of rotatable bonds is 1. The topological polar surface area (TPSA) is 62.4 Å². The van der Waals surface area contributed by atoms with Gasteiger partial charge in [-0.3, -0.25) is 4.99 Å². The molecule has 1 aliphatic carbocycles. The van der Waals surface area contributed by atoms with Crippen LogP contribution in [0.5, 0.6) is 0 Å². The number of nitrogens with two attached hydrogens (primary N) is 1. The maximum absolute atomic E-state index is 6.11. The van der Waals surface area contributed by atoms with Crippen molar-refractivity contribution in [1.29, 1.82) is 0 Å². The molecule has 4 heteroatoms. The van der Waals surface area contributed by atoms with Gasteiger partial charge in [0.1, 0.15) is 5.66 Å². The third kappa shape index (κ3) is 1.18. The van der Waals surface area contributed by atoms with Gasteiger partial charge in [-0.25, -0.2) is 0 Å². The van der Waals surface area contributed by atoms with Gasteiger partial charge in [0.05, 0.1) is 0 Å². The summed E-state index contributed by atoms with van der Waals surface area (Å²) in [5.74, 6) is 1.33. The first-order valence-corrected chi connectivity index (χ1v) is 4.23. The Morgan fingerprint density at radius 2 is 2.42 bits per heavy atom. The number of nitrogens with one attached hydrogen (secondary N) is 2. The van der Waals surface area contributed by atoms with E-state index >= 15 is 0 Å². The average molecular weight is 166 g/mol. The molecule has 12 heavy (non-hydrogen) atoms. The van der Waals surface area contributed by atoms with E-state index < -0.39 is 0 Å². The summed E-state index contributed by atoms with van der Waals surface area (Å²) < 4.78 is 0. The summed E-state index contributed by atoms with van der Waals surface area (Å²) >= 11 is 0. The number of guanidine groups is 1. The van der Waals surface area contributed by atoms with Crippen molar-refractivity contribution in [3.63, 3.8) is 0 Å². The van der Waals surface area contributed by atoms with E-state index in [-0.39, 0.29) is 5.66 Å². The van der Waals surface area contributed by atoms with Gasteiger partial charge >= 0.3 is 0 Å². The van der Waals surface area contributed by atoms with Gasteiger partial charge in [-0.05, 0) is 24.8 Å². The molecular weight excluding hydrogens is 152 g/mol. The molecular formula is C8H14N4. The van der Waals surface area contributed by atoms with Crippen molar-refractivity contribution in [2.45, 2.75) is 18.5 Å². The highest BCUT2D eigenvalue weighted by atomic mass is 15.3. The fourth-order valence-electron chi connectivity index (χ4n) is 1.46. The first-order valence-electron chi connectivity index (χ1n) is 4.23. The van der Waals surface area contributed by atoms with Gasteiger partial charge in [-0.15, -0.1) is 0 Å². The highest BCUT2D eigenvalue weighted by Crippen LogP contribution is 2.37. The Bertz CT molecular complexity index is 241. The van der Waals surface area contributed by atoms with E-state index in [2.05, 4.69) is 15.6 Å². The van der Waals surface area contributed by atoms with Crippen LogP contribution in [0.3, 0.4) is 0 Å². The number of aliphatic imine (C=N–C) groups is 1. The maximum atomic E-state index is 6.11. The summed E-state index contributed by atoms with van der Waals surface area (Å²) in [6, 6.07) is 0. The Morgan fingerprint density at radius 1 is 1.67 bits per heavy atom. The van der Waals surface area contributed by atoms with E-state index in [4.69, 9.17) is 5.73 Å². The van der Waals surface area contributed by atoms with E-state index in [1.165, 1.54) is 12.8 Å². The molecule has 1 atom stereocenters. The molecule has 1 saturated carbocycles. The lowest BCUT2D eigenvalue weighted by molar-refractivity contribution is 0.417. The van der Waals surface area contributed by atoms with Crippen LogP contribution in [0.1, 0.15) is 12.8 Å². The highest BCUT2D eigenvalue weighted by Gasteiger charge is 2.42. The van der Waals surface area contributed by atoms with Crippen LogP contribution in [0.4, 0.5) is 0 Å². The molecule has 0 aromatic carbocycles. The second-order valence-electron chi connectivity index (χ2n) is 3.38. The van der Waals surface area contributed by atoms with Crippen molar-refractivity contribution < 1.29 is 0 Å². The Morgan fingerprint density at radius 3 is 3.00 bits per heavy atom. The maximum Gasteiger partial charge on any atom is 0.196 e. The second-order valence-corrected chi connectivity index (χ2v) is 3.38. The minimum Gasteiger partial charge on any atom is -0.335 e. The standard InChI is InChI=1S/C8H14N4/c1-10-7-11-5-4-8(9,12-7)6-2-3-6/h4-6H,2-3,9H2,1H3,(H2,10,11,12). The van der Waals surface area contributed by atoms with Gasteiger partial charge in [-0.1, -0.05) is 0 Å². The van der Waals surface area contributed by atoms with Gasteiger partial charge < -0.3 is 16.4 Å². The third-order valence-electron chi connectivity index (χ3n) is 2.39. The fraction of sp³-hybridized carbons (Fsp3) is 0.625. The molecule has 0 aromatic rings. The molecule has 0 radical (unpaired) electrons. The summed E-state index contributed by atoms with van der Waals surface area (Å²) in [5, 5.41) is 6.16. The van der Waals surface area contributed by atoms with Crippen LogP contribution in [-0.2, 0) is 0 Å². The minimum absolute atomic E-state index is 0.361. The highest BCUT2D eigenvalue weighted by molar-refractivity contribution is 5.82. The number of nitrogens with zero attached hydrogens (tertiary/aromatic N) is 1. The predicted octanol–water partition coefficient (Wildman–Crippen LogP) is -0.256. The molecule has 4 nitrogen and oxygen atoms in total. The van der Waals surface area contributed by atoms with Crippen LogP contribution >= 0.6 is 0 Å². The van der Waals surface area contributed by atoms with Crippen molar-refractivity contribution in [3.8, 4) is 0 Å². The van der Waals surface area contributed by atoms with Crippen molar-refractivity contribution >= 4 is 5.96 Å². The SMILES string of the molecule is CN=C1NC=CC(N)(C2CC2)N1. The van der Waals surface area contributed by atoms with Crippen LogP contribution in [-0.4, -0.2) is 18.7 Å². The largest absolute Gasteiger partial charge is 0.335 e. The molecule has 1 aliphatic heterocycles. The van der Waals surface area contributed by atoms with E-state index in [0.29, 0.717) is 5.92 Å². The molecule has 1 fully saturated rings. The second kappa shape index (κ2) is 2.48. The predicted molar refractivity (Wildman–Crippen MR) is 48.4 cm³/mol. The smallest absolute Gasteiger partial charge is 0.196 e. The number of hydrogen-bond donors (Lipinski definition) is 3. The molecule has 0 amide bonds. The molecule has 0 spiro atoms. The van der Waals surface area contributed by atoms with Crippen molar-refractivity contribution in [3.05, 3.63) is 12.3 Å². The van der Waals surface area contributed by atoms with E-state index in [9.17, 15) is 0 Å². The van der Waals surface area contributed by atoms with Crippen LogP contribution in [0.15, 0.2) is 17.3 Å². The van der Waals surface area contributed by atoms with E-state index in [1.54, 1.807) is 7.05 Å². The van der Waals surface area contributed by atoms with E-state index in [0.717, 1.165) is 5.96 Å². The first-order chi connectivity index (χ1) is 5.74. The summed E-state index contributed by atoms with van der Waals surface area (Å²) in [7, 11) is 1.74. The fourth-order valence-corrected chi connectivity index (χ4v) is 1.46. The molecule has 4 N–H and O–H groups in total. The van der Waals surface area contributed by atoms with Crippen LogP contribution in [0.2, 0.25) is 0 Å². The van der Waals surface area contributed by atoms with Gasteiger partial charge in [0.2, 0.25) is 0 Å². The van der Waals surface area contributed by atoms with Gasteiger partial charge in [0.15, 0.2) is 5.96 Å². The van der Waals surface area contributed by atoms with Crippen LogP contribution in [0, 0.1) is 5.92 Å². The normalized spacial score (nSPS) is 37.7. The zero-order valence-corrected chi connectivity index (χ0v) is 7.17. The van der Waals surface area contributed by atoms with Gasteiger partial charge in [-0.2, -0.15) is 0 Å². The summed E-state index contributed by atoms with van der Waals surface area (Å²) in [6.45, 7) is 0. The molecule has 66 valence electrons.